The van der Waals surface area contributed by atoms with Crippen LogP contribution in [0.3, 0.4) is 0 Å². The van der Waals surface area contributed by atoms with E-state index in [0.717, 1.165) is 10.8 Å². The smallest absolute Gasteiger partial charge is 0.251 e. The summed E-state index contributed by atoms with van der Waals surface area (Å²) >= 11 is 0. The van der Waals surface area contributed by atoms with Gasteiger partial charge in [0.25, 0.3) is 5.91 Å². The van der Waals surface area contributed by atoms with Gasteiger partial charge in [-0.05, 0) is 54.1 Å². The van der Waals surface area contributed by atoms with Gasteiger partial charge < -0.3 is 15.4 Å². The van der Waals surface area contributed by atoms with E-state index in [9.17, 15) is 9.59 Å². The first-order chi connectivity index (χ1) is 12.7. The monoisotopic (exact) mass is 348 g/mol. The molecule has 0 aromatic heterocycles. The number of carbonyl (C=O) groups is 2. The van der Waals surface area contributed by atoms with Crippen LogP contribution in [-0.4, -0.2) is 25.0 Å². The molecule has 0 aliphatic rings. The lowest BCUT2D eigenvalue weighted by Crippen LogP contribution is -2.32. The second-order valence-electron chi connectivity index (χ2n) is 5.75. The molecule has 3 aromatic rings. The van der Waals surface area contributed by atoms with Crippen molar-refractivity contribution in [1.29, 1.82) is 0 Å². The van der Waals surface area contributed by atoms with Gasteiger partial charge in [0.1, 0.15) is 5.75 Å². The Labute approximate surface area is 152 Å². The SMILES string of the molecule is CCOc1ccc(C(=O)NCC(=O)Nc2ccc3ccccc3c2)cc1. The van der Waals surface area contributed by atoms with Crippen LogP contribution in [0.4, 0.5) is 5.69 Å². The molecule has 5 nitrogen and oxygen atoms in total. The summed E-state index contributed by atoms with van der Waals surface area (Å²) in [6, 6.07) is 20.4. The summed E-state index contributed by atoms with van der Waals surface area (Å²) in [5.74, 6) is 0.124. The van der Waals surface area contributed by atoms with Crippen LogP contribution in [0, 0.1) is 0 Å². The Hall–Kier alpha value is -3.34. The Morgan fingerprint density at radius 1 is 0.923 bits per heavy atom. The van der Waals surface area contributed by atoms with E-state index in [1.54, 1.807) is 24.3 Å². The third-order valence-electron chi connectivity index (χ3n) is 3.87. The highest BCUT2D eigenvalue weighted by atomic mass is 16.5. The highest BCUT2D eigenvalue weighted by molar-refractivity contribution is 6.00. The van der Waals surface area contributed by atoms with Crippen LogP contribution < -0.4 is 15.4 Å². The first-order valence-electron chi connectivity index (χ1n) is 8.45. The lowest BCUT2D eigenvalue weighted by atomic mass is 10.1. The highest BCUT2D eigenvalue weighted by Gasteiger charge is 2.09. The van der Waals surface area contributed by atoms with Crippen molar-refractivity contribution in [2.75, 3.05) is 18.5 Å². The van der Waals surface area contributed by atoms with Gasteiger partial charge in [-0.15, -0.1) is 0 Å². The molecule has 0 saturated heterocycles. The number of anilines is 1. The third-order valence-corrected chi connectivity index (χ3v) is 3.87. The van der Waals surface area contributed by atoms with Crippen LogP contribution in [0.5, 0.6) is 5.75 Å². The number of benzene rings is 3. The molecule has 3 aromatic carbocycles. The predicted molar refractivity (Wildman–Crippen MR) is 103 cm³/mol. The molecule has 0 fully saturated rings. The fraction of sp³-hybridized carbons (Fsp3) is 0.143. The highest BCUT2D eigenvalue weighted by Crippen LogP contribution is 2.18. The summed E-state index contributed by atoms with van der Waals surface area (Å²) in [4.78, 5) is 24.2. The van der Waals surface area contributed by atoms with E-state index >= 15 is 0 Å². The average Bonchev–Trinajstić information content (AvgIpc) is 2.67. The van der Waals surface area contributed by atoms with Gasteiger partial charge >= 0.3 is 0 Å². The fourth-order valence-corrected chi connectivity index (χ4v) is 2.60. The zero-order chi connectivity index (χ0) is 18.4. The third kappa shape index (κ3) is 4.39. The van der Waals surface area contributed by atoms with E-state index in [1.807, 2.05) is 49.4 Å². The summed E-state index contributed by atoms with van der Waals surface area (Å²) < 4.78 is 5.34. The Morgan fingerprint density at radius 3 is 2.38 bits per heavy atom. The predicted octanol–water partition coefficient (Wildman–Crippen LogP) is 3.61. The molecule has 0 aliphatic carbocycles. The molecule has 0 unspecified atom stereocenters. The van der Waals surface area contributed by atoms with Crippen LogP contribution in [0.2, 0.25) is 0 Å². The number of carbonyl (C=O) groups excluding carboxylic acids is 2. The summed E-state index contributed by atoms with van der Waals surface area (Å²) in [7, 11) is 0. The molecule has 0 bridgehead atoms. The van der Waals surface area contributed by atoms with Crippen LogP contribution >= 0.6 is 0 Å². The van der Waals surface area contributed by atoms with Gasteiger partial charge in [-0.2, -0.15) is 0 Å². The van der Waals surface area contributed by atoms with Gasteiger partial charge in [-0.1, -0.05) is 30.3 Å². The largest absolute Gasteiger partial charge is 0.494 e. The lowest BCUT2D eigenvalue weighted by molar-refractivity contribution is -0.115. The molecule has 0 heterocycles. The van der Waals surface area contributed by atoms with Crippen LogP contribution in [0.25, 0.3) is 10.8 Å². The van der Waals surface area contributed by atoms with Crippen molar-refractivity contribution in [3.8, 4) is 5.75 Å². The van der Waals surface area contributed by atoms with Gasteiger partial charge in [-0.25, -0.2) is 0 Å². The van der Waals surface area contributed by atoms with Crippen LogP contribution in [0.15, 0.2) is 66.7 Å². The molecule has 0 atom stereocenters. The zero-order valence-corrected chi connectivity index (χ0v) is 14.5. The minimum absolute atomic E-state index is 0.0983. The van der Waals surface area contributed by atoms with Crippen LogP contribution in [0.1, 0.15) is 17.3 Å². The first kappa shape index (κ1) is 17.5. The molecular formula is C21H20N2O3. The van der Waals surface area contributed by atoms with Crippen molar-refractivity contribution in [1.82, 2.24) is 5.32 Å². The van der Waals surface area contributed by atoms with Crippen molar-refractivity contribution in [3.05, 3.63) is 72.3 Å². The number of rotatable bonds is 6. The molecule has 2 amide bonds. The molecule has 0 aliphatic heterocycles. The Balaban J connectivity index is 1.54. The molecule has 5 heteroatoms. The van der Waals surface area contributed by atoms with Crippen molar-refractivity contribution in [2.24, 2.45) is 0 Å². The number of ether oxygens (including phenoxy) is 1. The second kappa shape index (κ2) is 8.16. The van der Waals surface area contributed by atoms with E-state index in [-0.39, 0.29) is 18.4 Å². The Bertz CT molecular complexity index is 920. The lowest BCUT2D eigenvalue weighted by Gasteiger charge is -2.09. The maximum absolute atomic E-state index is 12.1. The second-order valence-corrected chi connectivity index (χ2v) is 5.75. The van der Waals surface area contributed by atoms with Crippen molar-refractivity contribution in [2.45, 2.75) is 6.92 Å². The molecule has 0 radical (unpaired) electrons. The van der Waals surface area contributed by atoms with Gasteiger partial charge in [0, 0.05) is 11.3 Å². The van der Waals surface area contributed by atoms with Crippen LogP contribution in [-0.2, 0) is 4.79 Å². The van der Waals surface area contributed by atoms with Gasteiger partial charge in [0.05, 0.1) is 13.2 Å². The molecule has 3 rings (SSSR count). The molecule has 132 valence electrons. The van der Waals surface area contributed by atoms with Crippen molar-refractivity contribution >= 4 is 28.3 Å². The number of hydrogen-bond acceptors (Lipinski definition) is 3. The molecule has 0 saturated carbocycles. The number of amides is 2. The Kier molecular flexibility index (Phi) is 5.49. The summed E-state index contributed by atoms with van der Waals surface area (Å²) in [5, 5.41) is 7.56. The first-order valence-corrected chi connectivity index (χ1v) is 8.45. The van der Waals surface area contributed by atoms with E-state index < -0.39 is 0 Å². The maximum Gasteiger partial charge on any atom is 0.251 e. The Morgan fingerprint density at radius 2 is 1.65 bits per heavy atom. The normalized spacial score (nSPS) is 10.3. The van der Waals surface area contributed by atoms with E-state index in [2.05, 4.69) is 10.6 Å². The molecule has 2 N–H and O–H groups in total. The van der Waals surface area contributed by atoms with Gasteiger partial charge in [0.15, 0.2) is 0 Å². The van der Waals surface area contributed by atoms with E-state index in [4.69, 9.17) is 4.74 Å². The summed E-state index contributed by atoms with van der Waals surface area (Å²) in [6.07, 6.45) is 0. The molecule has 0 spiro atoms. The van der Waals surface area contributed by atoms with Gasteiger partial charge in [-0.3, -0.25) is 9.59 Å². The minimum Gasteiger partial charge on any atom is -0.494 e. The zero-order valence-electron chi connectivity index (χ0n) is 14.5. The number of hydrogen-bond donors (Lipinski definition) is 2. The quantitative estimate of drug-likeness (QED) is 0.715. The molecule has 26 heavy (non-hydrogen) atoms. The maximum atomic E-state index is 12.1. The van der Waals surface area contributed by atoms with Gasteiger partial charge in [0.2, 0.25) is 5.91 Å². The van der Waals surface area contributed by atoms with E-state index in [0.29, 0.717) is 23.6 Å². The fourth-order valence-electron chi connectivity index (χ4n) is 2.60. The molecular weight excluding hydrogens is 328 g/mol. The summed E-state index contributed by atoms with van der Waals surface area (Å²) in [6.45, 7) is 2.37. The minimum atomic E-state index is -0.304. The summed E-state index contributed by atoms with van der Waals surface area (Å²) in [5.41, 5.74) is 1.18. The number of fused-ring (bicyclic) bond motifs is 1. The standard InChI is InChI=1S/C21H20N2O3/c1-2-26-19-11-8-16(9-12-19)21(25)22-14-20(24)23-18-10-7-15-5-3-4-6-17(15)13-18/h3-13H,2,14H2,1H3,(H,22,25)(H,23,24). The topological polar surface area (TPSA) is 67.4 Å². The van der Waals surface area contributed by atoms with Crippen molar-refractivity contribution in [3.63, 3.8) is 0 Å². The number of nitrogens with one attached hydrogen (secondary N) is 2. The van der Waals surface area contributed by atoms with E-state index in [1.165, 1.54) is 0 Å². The average molecular weight is 348 g/mol. The van der Waals surface area contributed by atoms with Crippen molar-refractivity contribution < 1.29 is 14.3 Å².